The highest BCUT2D eigenvalue weighted by Crippen LogP contribution is 2.19. The molecule has 0 aliphatic rings. The molecule has 5 heteroatoms. The number of hydrogen-bond donors (Lipinski definition) is 0. The van der Waals surface area contributed by atoms with Gasteiger partial charge in [0.1, 0.15) is 5.75 Å². The van der Waals surface area contributed by atoms with Gasteiger partial charge in [0.2, 0.25) is 0 Å². The molecule has 0 aliphatic carbocycles. The Kier molecular flexibility index (Phi) is 4.60. The molecular formula is C16H24N4O. The molecule has 0 amide bonds. The van der Waals surface area contributed by atoms with Crippen LogP contribution in [0.1, 0.15) is 44.1 Å². The Morgan fingerprint density at radius 3 is 2.38 bits per heavy atom. The molecule has 2 rings (SSSR count). The van der Waals surface area contributed by atoms with Crippen LogP contribution in [0.2, 0.25) is 0 Å². The predicted octanol–water partition coefficient (Wildman–Crippen LogP) is 3.06. The topological polar surface area (TPSA) is 52.8 Å². The summed E-state index contributed by atoms with van der Waals surface area (Å²) in [6.45, 7) is 11.9. The maximum Gasteiger partial charge on any atom is 0.156 e. The first-order valence-corrected chi connectivity index (χ1v) is 7.34. The minimum absolute atomic E-state index is 0.0436. The molecule has 114 valence electrons. The van der Waals surface area contributed by atoms with Gasteiger partial charge in [-0.3, -0.25) is 0 Å². The fraction of sp³-hybridized carbons (Fsp3) is 0.562. The third kappa shape index (κ3) is 4.28. The summed E-state index contributed by atoms with van der Waals surface area (Å²) in [6.07, 6.45) is 0.876. The van der Waals surface area contributed by atoms with Gasteiger partial charge in [0.25, 0.3) is 0 Å². The Labute approximate surface area is 126 Å². The first-order chi connectivity index (χ1) is 9.86. The lowest BCUT2D eigenvalue weighted by Gasteiger charge is -2.17. The second-order valence-corrected chi connectivity index (χ2v) is 6.50. The van der Waals surface area contributed by atoms with Crippen LogP contribution in [0.5, 0.6) is 5.75 Å². The van der Waals surface area contributed by atoms with Crippen molar-refractivity contribution in [3.63, 3.8) is 0 Å². The van der Waals surface area contributed by atoms with Crippen LogP contribution in [0.4, 0.5) is 0 Å². The zero-order valence-electron chi connectivity index (χ0n) is 13.6. The van der Waals surface area contributed by atoms with Gasteiger partial charge in [0.05, 0.1) is 6.61 Å². The van der Waals surface area contributed by atoms with Crippen LogP contribution in [0.3, 0.4) is 0 Å². The van der Waals surface area contributed by atoms with Crippen LogP contribution in [-0.2, 0) is 12.0 Å². The Morgan fingerprint density at radius 1 is 1.10 bits per heavy atom. The number of nitrogens with zero attached hydrogens (tertiary/aromatic N) is 4. The minimum Gasteiger partial charge on any atom is -0.494 e. The summed E-state index contributed by atoms with van der Waals surface area (Å²) in [5, 5.41) is 11.9. The molecule has 0 bridgehead atoms. The van der Waals surface area contributed by atoms with Gasteiger partial charge in [-0.15, -0.1) is 5.10 Å². The number of aryl methyl sites for hydroxylation is 3. The smallest absolute Gasteiger partial charge is 0.156 e. The van der Waals surface area contributed by atoms with Crippen molar-refractivity contribution in [1.82, 2.24) is 20.2 Å². The summed E-state index contributed by atoms with van der Waals surface area (Å²) in [4.78, 5) is 0. The van der Waals surface area contributed by atoms with E-state index < -0.39 is 0 Å². The zero-order chi connectivity index (χ0) is 15.5. The van der Waals surface area contributed by atoms with Crippen LogP contribution >= 0.6 is 0 Å². The molecule has 0 aliphatic heterocycles. The van der Waals surface area contributed by atoms with Crippen molar-refractivity contribution < 1.29 is 4.74 Å². The quantitative estimate of drug-likeness (QED) is 0.793. The molecule has 1 heterocycles. The average molecular weight is 288 g/mol. The SMILES string of the molecule is Cc1cc(C)cc(OCCCn2nnnc2C(C)(C)C)c1. The van der Waals surface area contributed by atoms with Crippen LogP contribution < -0.4 is 4.74 Å². The van der Waals surface area contributed by atoms with E-state index in [0.717, 1.165) is 24.5 Å². The van der Waals surface area contributed by atoms with E-state index in [4.69, 9.17) is 4.74 Å². The van der Waals surface area contributed by atoms with Gasteiger partial charge >= 0.3 is 0 Å². The predicted molar refractivity (Wildman–Crippen MR) is 82.5 cm³/mol. The Balaban J connectivity index is 1.87. The molecule has 0 saturated carbocycles. The van der Waals surface area contributed by atoms with E-state index in [0.29, 0.717) is 6.61 Å². The van der Waals surface area contributed by atoms with E-state index in [2.05, 4.69) is 68.3 Å². The summed E-state index contributed by atoms with van der Waals surface area (Å²) in [7, 11) is 0. The van der Waals surface area contributed by atoms with Gasteiger partial charge in [-0.25, -0.2) is 4.68 Å². The lowest BCUT2D eigenvalue weighted by molar-refractivity contribution is 0.294. The van der Waals surface area contributed by atoms with Gasteiger partial charge in [0, 0.05) is 18.4 Å². The van der Waals surface area contributed by atoms with Gasteiger partial charge < -0.3 is 4.74 Å². The van der Waals surface area contributed by atoms with Crippen LogP contribution in [0, 0.1) is 13.8 Å². The molecule has 0 fully saturated rings. The molecule has 2 aromatic rings. The van der Waals surface area contributed by atoms with E-state index in [9.17, 15) is 0 Å². The van der Waals surface area contributed by atoms with Crippen molar-refractivity contribution in [2.75, 3.05) is 6.61 Å². The van der Waals surface area contributed by atoms with Crippen LogP contribution in [-0.4, -0.2) is 26.8 Å². The highest BCUT2D eigenvalue weighted by Gasteiger charge is 2.21. The first-order valence-electron chi connectivity index (χ1n) is 7.34. The van der Waals surface area contributed by atoms with Crippen molar-refractivity contribution in [1.29, 1.82) is 0 Å². The number of rotatable bonds is 5. The van der Waals surface area contributed by atoms with E-state index in [1.165, 1.54) is 11.1 Å². The lowest BCUT2D eigenvalue weighted by Crippen LogP contribution is -2.20. The Bertz CT molecular complexity index is 578. The molecule has 21 heavy (non-hydrogen) atoms. The molecule has 0 saturated heterocycles. The molecule has 0 radical (unpaired) electrons. The summed E-state index contributed by atoms with van der Waals surface area (Å²) >= 11 is 0. The Hall–Kier alpha value is -1.91. The molecule has 0 N–H and O–H groups in total. The second-order valence-electron chi connectivity index (χ2n) is 6.50. The van der Waals surface area contributed by atoms with Gasteiger partial charge in [0.15, 0.2) is 5.82 Å². The standard InChI is InChI=1S/C16H24N4O/c1-12-9-13(2)11-14(10-12)21-8-6-7-20-15(16(3,4)5)17-18-19-20/h9-11H,6-8H2,1-5H3. The maximum atomic E-state index is 5.81. The molecule has 0 spiro atoms. The van der Waals surface area contributed by atoms with Gasteiger partial charge in [-0.1, -0.05) is 26.8 Å². The third-order valence-electron chi connectivity index (χ3n) is 3.18. The number of ether oxygens (including phenoxy) is 1. The van der Waals surface area contributed by atoms with Crippen LogP contribution in [0.15, 0.2) is 18.2 Å². The summed E-state index contributed by atoms with van der Waals surface area (Å²) in [5.41, 5.74) is 2.40. The number of benzene rings is 1. The molecule has 1 aromatic heterocycles. The summed E-state index contributed by atoms with van der Waals surface area (Å²) < 4.78 is 7.68. The van der Waals surface area contributed by atoms with Crippen molar-refractivity contribution in [2.24, 2.45) is 0 Å². The average Bonchev–Trinajstić information content (AvgIpc) is 2.81. The van der Waals surface area contributed by atoms with Crippen molar-refractivity contribution >= 4 is 0 Å². The summed E-state index contributed by atoms with van der Waals surface area (Å²) in [6, 6.07) is 6.26. The van der Waals surface area contributed by atoms with E-state index in [-0.39, 0.29) is 5.41 Å². The van der Waals surface area contributed by atoms with E-state index in [1.54, 1.807) is 0 Å². The largest absolute Gasteiger partial charge is 0.494 e. The first kappa shape index (κ1) is 15.5. The molecule has 0 atom stereocenters. The fourth-order valence-electron chi connectivity index (χ4n) is 2.31. The third-order valence-corrected chi connectivity index (χ3v) is 3.18. The highest BCUT2D eigenvalue weighted by atomic mass is 16.5. The van der Waals surface area contributed by atoms with Gasteiger partial charge in [-0.05, 0) is 47.5 Å². The number of hydrogen-bond acceptors (Lipinski definition) is 4. The molecule has 5 nitrogen and oxygen atoms in total. The Morgan fingerprint density at radius 2 is 1.76 bits per heavy atom. The second kappa shape index (κ2) is 6.24. The molecule has 1 aromatic carbocycles. The fourth-order valence-corrected chi connectivity index (χ4v) is 2.31. The zero-order valence-corrected chi connectivity index (χ0v) is 13.6. The monoisotopic (exact) mass is 288 g/mol. The van der Waals surface area contributed by atoms with Crippen molar-refractivity contribution in [3.8, 4) is 5.75 Å². The van der Waals surface area contributed by atoms with E-state index in [1.807, 2.05) is 4.68 Å². The normalized spacial score (nSPS) is 11.7. The van der Waals surface area contributed by atoms with E-state index >= 15 is 0 Å². The summed E-state index contributed by atoms with van der Waals surface area (Å²) in [5.74, 6) is 1.84. The number of aromatic nitrogens is 4. The minimum atomic E-state index is -0.0436. The van der Waals surface area contributed by atoms with Crippen molar-refractivity contribution in [3.05, 3.63) is 35.2 Å². The highest BCUT2D eigenvalue weighted by molar-refractivity contribution is 5.32. The molecular weight excluding hydrogens is 264 g/mol. The lowest BCUT2D eigenvalue weighted by atomic mass is 9.96. The van der Waals surface area contributed by atoms with Crippen LogP contribution in [0.25, 0.3) is 0 Å². The van der Waals surface area contributed by atoms with Crippen molar-refractivity contribution in [2.45, 2.75) is 53.0 Å². The molecule has 0 unspecified atom stereocenters. The number of tetrazole rings is 1. The van der Waals surface area contributed by atoms with Gasteiger partial charge in [-0.2, -0.15) is 0 Å². The maximum absolute atomic E-state index is 5.81.